The van der Waals surface area contributed by atoms with Crippen molar-refractivity contribution in [1.82, 2.24) is 9.29 Å². The molecule has 1 aromatic heterocycles. The van der Waals surface area contributed by atoms with Crippen molar-refractivity contribution >= 4 is 54.9 Å². The second-order valence-electron chi connectivity index (χ2n) is 7.33. The molecule has 11 heteroatoms. The van der Waals surface area contributed by atoms with Gasteiger partial charge in [0.1, 0.15) is 5.75 Å². The summed E-state index contributed by atoms with van der Waals surface area (Å²) < 4.78 is 39.4. The second kappa shape index (κ2) is 10.4. The lowest BCUT2D eigenvalue weighted by Gasteiger charge is -2.26. The second-order valence-corrected chi connectivity index (χ2v) is 11.9. The summed E-state index contributed by atoms with van der Waals surface area (Å²) in [6.45, 7) is 5.83. The maximum absolute atomic E-state index is 12.7. The average molecular weight is 508 g/mol. The van der Waals surface area contributed by atoms with Gasteiger partial charge < -0.3 is 14.8 Å². The van der Waals surface area contributed by atoms with E-state index in [0.717, 1.165) is 20.3 Å². The number of anilines is 1. The van der Waals surface area contributed by atoms with Crippen molar-refractivity contribution in [2.75, 3.05) is 38.2 Å². The fourth-order valence-electron chi connectivity index (χ4n) is 3.29. The number of amides is 1. The molecule has 1 saturated heterocycles. The molecule has 0 saturated carbocycles. The molecule has 0 spiro atoms. The lowest BCUT2D eigenvalue weighted by atomic mass is 10.3. The Morgan fingerprint density at radius 1 is 1.24 bits per heavy atom. The Hall–Kier alpha value is -2.18. The molecule has 176 valence electrons. The number of carbonyl (C=O) groups excluding carboxylic acids is 1. The molecular formula is C22H25N3O5S3. The summed E-state index contributed by atoms with van der Waals surface area (Å²) in [5.74, 6) is 0.619. The van der Waals surface area contributed by atoms with E-state index in [1.165, 1.54) is 39.5 Å². The number of morpholine rings is 1. The molecule has 2 heterocycles. The lowest BCUT2D eigenvalue weighted by Crippen LogP contribution is -2.40. The van der Waals surface area contributed by atoms with Crippen LogP contribution in [0, 0.1) is 0 Å². The zero-order valence-corrected chi connectivity index (χ0v) is 20.8. The largest absolute Gasteiger partial charge is 0.494 e. The van der Waals surface area contributed by atoms with Crippen LogP contribution in [0.15, 0.2) is 51.7 Å². The minimum atomic E-state index is -3.56. The van der Waals surface area contributed by atoms with Crippen molar-refractivity contribution in [3.63, 3.8) is 0 Å². The van der Waals surface area contributed by atoms with Crippen molar-refractivity contribution in [2.24, 2.45) is 0 Å². The molecule has 1 atom stereocenters. The van der Waals surface area contributed by atoms with Crippen LogP contribution in [-0.2, 0) is 19.6 Å². The van der Waals surface area contributed by atoms with Crippen LogP contribution in [0.1, 0.15) is 13.8 Å². The van der Waals surface area contributed by atoms with Gasteiger partial charge in [-0.05, 0) is 56.3 Å². The number of nitrogens with one attached hydrogen (secondary N) is 1. The Bertz CT molecular complexity index is 1220. The van der Waals surface area contributed by atoms with Crippen LogP contribution in [0.4, 0.5) is 5.69 Å². The number of ether oxygens (including phenoxy) is 2. The highest BCUT2D eigenvalue weighted by Crippen LogP contribution is 2.34. The van der Waals surface area contributed by atoms with Gasteiger partial charge in [-0.25, -0.2) is 13.4 Å². The van der Waals surface area contributed by atoms with E-state index in [4.69, 9.17) is 9.47 Å². The number of thioether (sulfide) groups is 1. The number of rotatable bonds is 8. The van der Waals surface area contributed by atoms with Gasteiger partial charge >= 0.3 is 0 Å². The normalized spacial score (nSPS) is 15.9. The molecule has 0 bridgehead atoms. The highest BCUT2D eigenvalue weighted by atomic mass is 32.2. The van der Waals surface area contributed by atoms with Crippen molar-refractivity contribution in [3.8, 4) is 5.75 Å². The number of aromatic nitrogens is 1. The maximum Gasteiger partial charge on any atom is 0.243 e. The fraction of sp³-hybridized carbons (Fsp3) is 0.364. The summed E-state index contributed by atoms with van der Waals surface area (Å²) in [4.78, 5) is 17.5. The van der Waals surface area contributed by atoms with E-state index in [9.17, 15) is 13.2 Å². The molecule has 1 amide bonds. The molecule has 1 aliphatic heterocycles. The molecule has 1 fully saturated rings. The summed E-state index contributed by atoms with van der Waals surface area (Å²) in [6.07, 6.45) is 0. The van der Waals surface area contributed by atoms with Crippen molar-refractivity contribution in [3.05, 3.63) is 42.5 Å². The first-order valence-electron chi connectivity index (χ1n) is 10.6. The molecule has 0 radical (unpaired) electrons. The molecule has 0 unspecified atom stereocenters. The van der Waals surface area contributed by atoms with Crippen LogP contribution in [-0.4, -0.2) is 61.8 Å². The fourth-order valence-corrected chi connectivity index (χ4v) is 6.93. The Morgan fingerprint density at radius 3 is 2.67 bits per heavy atom. The maximum atomic E-state index is 12.7. The number of carbonyl (C=O) groups is 1. The predicted molar refractivity (Wildman–Crippen MR) is 131 cm³/mol. The van der Waals surface area contributed by atoms with E-state index >= 15 is 0 Å². The number of hydrogen-bond acceptors (Lipinski definition) is 8. The average Bonchev–Trinajstić information content (AvgIpc) is 3.21. The van der Waals surface area contributed by atoms with E-state index in [0.29, 0.717) is 38.6 Å². The van der Waals surface area contributed by atoms with Crippen LogP contribution >= 0.6 is 23.1 Å². The van der Waals surface area contributed by atoms with Gasteiger partial charge in [-0.2, -0.15) is 4.31 Å². The summed E-state index contributed by atoms with van der Waals surface area (Å²) in [5.41, 5.74) is 1.41. The molecule has 2 aromatic carbocycles. The SMILES string of the molecule is CCOc1ccc2nc(S[C@H](C)C(=O)Nc3ccc(S(=O)(=O)N4CCOCC4)cc3)sc2c1. The van der Waals surface area contributed by atoms with Gasteiger partial charge in [0.25, 0.3) is 0 Å². The summed E-state index contributed by atoms with van der Waals surface area (Å²) in [7, 11) is -3.56. The van der Waals surface area contributed by atoms with Crippen molar-refractivity contribution in [2.45, 2.75) is 28.3 Å². The Kier molecular flexibility index (Phi) is 7.55. The third-order valence-electron chi connectivity index (χ3n) is 5.03. The van der Waals surface area contributed by atoms with Gasteiger partial charge in [0, 0.05) is 18.8 Å². The zero-order valence-electron chi connectivity index (χ0n) is 18.3. The molecule has 0 aliphatic carbocycles. The summed E-state index contributed by atoms with van der Waals surface area (Å²) in [5, 5.41) is 2.47. The smallest absolute Gasteiger partial charge is 0.243 e. The number of thiazole rings is 1. The van der Waals surface area contributed by atoms with Gasteiger partial charge in [-0.1, -0.05) is 11.8 Å². The summed E-state index contributed by atoms with van der Waals surface area (Å²) in [6, 6.07) is 12.0. The predicted octanol–water partition coefficient (Wildman–Crippen LogP) is 3.84. The number of benzene rings is 2. The topological polar surface area (TPSA) is 97.8 Å². The number of nitrogens with zero attached hydrogens (tertiary/aromatic N) is 2. The highest BCUT2D eigenvalue weighted by molar-refractivity contribution is 8.02. The monoisotopic (exact) mass is 507 g/mol. The molecule has 8 nitrogen and oxygen atoms in total. The minimum absolute atomic E-state index is 0.182. The Labute approximate surface area is 201 Å². The van der Waals surface area contributed by atoms with Crippen molar-refractivity contribution in [1.29, 1.82) is 0 Å². The first-order valence-corrected chi connectivity index (χ1v) is 13.7. The first-order chi connectivity index (χ1) is 15.9. The standard InChI is InChI=1S/C22H25N3O5S3/c1-3-30-17-6-9-19-20(14-17)32-22(24-19)31-15(2)21(26)23-16-4-7-18(8-5-16)33(27,28)25-10-12-29-13-11-25/h4-9,14-15H,3,10-13H2,1-2H3,(H,23,26)/t15-/m1/s1. The van der Waals surface area contributed by atoms with Gasteiger partial charge in [-0.3, -0.25) is 4.79 Å². The van der Waals surface area contributed by atoms with Crippen LogP contribution in [0.25, 0.3) is 10.2 Å². The van der Waals surface area contributed by atoms with Crippen LogP contribution in [0.5, 0.6) is 5.75 Å². The van der Waals surface area contributed by atoms with Gasteiger partial charge in [-0.15, -0.1) is 11.3 Å². The third-order valence-corrected chi connectivity index (χ3v) is 9.15. The van der Waals surface area contributed by atoms with Gasteiger partial charge in [0.05, 0.1) is 40.2 Å². The highest BCUT2D eigenvalue weighted by Gasteiger charge is 2.26. The molecule has 1 N–H and O–H groups in total. The van der Waals surface area contributed by atoms with Crippen LogP contribution in [0.3, 0.4) is 0 Å². The Balaban J connectivity index is 1.38. The lowest BCUT2D eigenvalue weighted by molar-refractivity contribution is -0.115. The number of fused-ring (bicyclic) bond motifs is 1. The van der Waals surface area contributed by atoms with E-state index in [-0.39, 0.29) is 16.1 Å². The molecular weight excluding hydrogens is 482 g/mol. The molecule has 33 heavy (non-hydrogen) atoms. The molecule has 1 aliphatic rings. The Morgan fingerprint density at radius 2 is 1.97 bits per heavy atom. The van der Waals surface area contributed by atoms with Crippen LogP contribution in [0.2, 0.25) is 0 Å². The quantitative estimate of drug-likeness (QED) is 0.463. The van der Waals surface area contributed by atoms with Crippen LogP contribution < -0.4 is 10.1 Å². The van der Waals surface area contributed by atoms with E-state index < -0.39 is 10.0 Å². The molecule has 3 aromatic rings. The summed E-state index contributed by atoms with van der Waals surface area (Å²) >= 11 is 2.90. The number of hydrogen-bond donors (Lipinski definition) is 1. The van der Waals surface area contributed by atoms with E-state index in [2.05, 4.69) is 10.3 Å². The van der Waals surface area contributed by atoms with E-state index in [1.807, 2.05) is 32.0 Å². The zero-order chi connectivity index (χ0) is 23.4. The van der Waals surface area contributed by atoms with E-state index in [1.54, 1.807) is 12.1 Å². The van der Waals surface area contributed by atoms with Gasteiger partial charge in [0.2, 0.25) is 15.9 Å². The first kappa shape index (κ1) is 24.0. The third kappa shape index (κ3) is 5.67. The van der Waals surface area contributed by atoms with Gasteiger partial charge in [0.15, 0.2) is 4.34 Å². The number of sulfonamides is 1. The minimum Gasteiger partial charge on any atom is -0.494 e. The molecule has 4 rings (SSSR count). The van der Waals surface area contributed by atoms with Crippen molar-refractivity contribution < 1.29 is 22.7 Å².